The molecule has 1 fully saturated rings. The molecule has 6 nitrogen and oxygen atoms in total. The number of nitrogens with one attached hydrogen (secondary N) is 1. The molecule has 0 spiro atoms. The first kappa shape index (κ1) is 16.4. The maximum absolute atomic E-state index is 12.0. The third-order valence-corrected chi connectivity index (χ3v) is 5.00. The molecule has 1 aromatic heterocycles. The van der Waals surface area contributed by atoms with Gasteiger partial charge >= 0.3 is 0 Å². The van der Waals surface area contributed by atoms with Gasteiger partial charge in [-0.15, -0.1) is 4.91 Å². The summed E-state index contributed by atoms with van der Waals surface area (Å²) in [4.78, 5) is 25.8. The second-order valence-electron chi connectivity index (χ2n) is 6.64. The van der Waals surface area contributed by atoms with Crippen LogP contribution in [0, 0.1) is 4.91 Å². The van der Waals surface area contributed by atoms with E-state index in [1.54, 1.807) is 6.07 Å². The number of nitrogens with zero attached hydrogens (tertiary/aromatic N) is 3. The van der Waals surface area contributed by atoms with Gasteiger partial charge in [-0.25, -0.2) is 5.10 Å². The summed E-state index contributed by atoms with van der Waals surface area (Å²) in [5.41, 5.74) is 2.31. The van der Waals surface area contributed by atoms with Gasteiger partial charge in [-0.2, -0.15) is 5.10 Å². The van der Waals surface area contributed by atoms with Gasteiger partial charge < -0.3 is 4.90 Å². The Morgan fingerprint density at radius 1 is 0.962 bits per heavy atom. The normalized spacial score (nSPS) is 15.0. The lowest BCUT2D eigenvalue weighted by Crippen LogP contribution is -2.23. The Bertz CT molecular complexity index is 1000. The fourth-order valence-electron chi connectivity index (χ4n) is 3.64. The molecule has 0 unspecified atom stereocenters. The highest BCUT2D eigenvalue weighted by Crippen LogP contribution is 2.35. The van der Waals surface area contributed by atoms with E-state index in [2.05, 4.69) is 20.3 Å². The minimum absolute atomic E-state index is 0.244. The zero-order chi connectivity index (χ0) is 17.9. The number of hydrogen-bond donors (Lipinski definition) is 1. The third-order valence-electron chi connectivity index (χ3n) is 5.00. The van der Waals surface area contributed by atoms with E-state index in [0.29, 0.717) is 27.7 Å². The second kappa shape index (κ2) is 7.07. The van der Waals surface area contributed by atoms with Crippen LogP contribution in [0.2, 0.25) is 0 Å². The average molecular weight is 348 g/mol. The zero-order valence-electron chi connectivity index (χ0n) is 14.4. The Hall–Kier alpha value is -3.02. The summed E-state index contributed by atoms with van der Waals surface area (Å²) in [7, 11) is 0. The largest absolute Gasteiger partial charge is 0.371 e. The van der Waals surface area contributed by atoms with E-state index >= 15 is 0 Å². The molecule has 0 atom stereocenters. The van der Waals surface area contributed by atoms with Crippen molar-refractivity contribution in [2.45, 2.75) is 25.7 Å². The van der Waals surface area contributed by atoms with E-state index in [1.807, 2.05) is 36.4 Å². The lowest BCUT2D eigenvalue weighted by atomic mass is 10.0. The molecule has 1 aliphatic rings. The van der Waals surface area contributed by atoms with Crippen LogP contribution in [0.4, 0.5) is 11.4 Å². The molecule has 0 aliphatic carbocycles. The molecule has 4 rings (SSSR count). The summed E-state index contributed by atoms with van der Waals surface area (Å²) in [6.07, 6.45) is 4.83. The van der Waals surface area contributed by atoms with E-state index in [1.165, 1.54) is 12.8 Å². The molecule has 1 aliphatic heterocycles. The van der Waals surface area contributed by atoms with Crippen LogP contribution in [0.15, 0.2) is 52.4 Å². The number of benzene rings is 2. The van der Waals surface area contributed by atoms with E-state index in [4.69, 9.17) is 0 Å². The van der Waals surface area contributed by atoms with Crippen molar-refractivity contribution < 1.29 is 0 Å². The highest BCUT2D eigenvalue weighted by Gasteiger charge is 2.16. The molecule has 3 aromatic rings. The topological polar surface area (TPSA) is 78.4 Å². The Kier molecular flexibility index (Phi) is 4.48. The predicted molar refractivity (Wildman–Crippen MR) is 104 cm³/mol. The standard InChI is InChI=1S/C20H20N4O2/c25-20-16-8-4-3-7-15(16)19(21-22-20)17-10-9-14(13-18(17)23-26)24-11-5-1-2-6-12-24/h3-4,7-10,13H,1-2,5-6,11-12H2,(H,22,25). The number of anilines is 1. The first-order valence-electron chi connectivity index (χ1n) is 8.98. The smallest absolute Gasteiger partial charge is 0.272 e. The first-order chi connectivity index (χ1) is 12.8. The van der Waals surface area contributed by atoms with Gasteiger partial charge in [0.05, 0.1) is 5.39 Å². The van der Waals surface area contributed by atoms with E-state index in [0.717, 1.165) is 31.6 Å². The number of nitroso groups, excluding NO2 is 1. The van der Waals surface area contributed by atoms with Crippen molar-refractivity contribution in [2.75, 3.05) is 18.0 Å². The predicted octanol–water partition coefficient (Wildman–Crippen LogP) is 4.37. The summed E-state index contributed by atoms with van der Waals surface area (Å²) in [5.74, 6) is 0. The monoisotopic (exact) mass is 348 g/mol. The molecule has 2 heterocycles. The van der Waals surface area contributed by atoms with E-state index < -0.39 is 0 Å². The minimum atomic E-state index is -0.244. The lowest BCUT2D eigenvalue weighted by molar-refractivity contribution is 0.726. The van der Waals surface area contributed by atoms with Crippen LogP contribution < -0.4 is 10.5 Å². The number of aromatic nitrogens is 2. The van der Waals surface area contributed by atoms with Crippen molar-refractivity contribution in [3.8, 4) is 11.3 Å². The quantitative estimate of drug-likeness (QED) is 0.713. The average Bonchev–Trinajstić information content (AvgIpc) is 2.98. The number of rotatable bonds is 3. The van der Waals surface area contributed by atoms with Gasteiger partial charge in [-0.3, -0.25) is 4.79 Å². The van der Waals surface area contributed by atoms with Crippen LogP contribution in [-0.2, 0) is 0 Å². The molecule has 26 heavy (non-hydrogen) atoms. The number of hydrogen-bond acceptors (Lipinski definition) is 5. The molecule has 0 amide bonds. The van der Waals surface area contributed by atoms with Gasteiger partial charge in [0.2, 0.25) is 0 Å². The van der Waals surface area contributed by atoms with Gasteiger partial charge in [-0.05, 0) is 42.3 Å². The van der Waals surface area contributed by atoms with Gasteiger partial charge in [0, 0.05) is 29.7 Å². The van der Waals surface area contributed by atoms with Crippen LogP contribution in [0.1, 0.15) is 25.7 Å². The van der Waals surface area contributed by atoms with Crippen molar-refractivity contribution in [1.82, 2.24) is 10.2 Å². The highest BCUT2D eigenvalue weighted by molar-refractivity contribution is 5.96. The summed E-state index contributed by atoms with van der Waals surface area (Å²) in [6, 6.07) is 13.0. The Morgan fingerprint density at radius 2 is 1.69 bits per heavy atom. The van der Waals surface area contributed by atoms with Crippen LogP contribution in [-0.4, -0.2) is 23.3 Å². The molecule has 6 heteroatoms. The number of H-pyrrole nitrogens is 1. The number of aromatic amines is 1. The molecule has 2 aromatic carbocycles. The van der Waals surface area contributed by atoms with Crippen molar-refractivity contribution in [3.63, 3.8) is 0 Å². The van der Waals surface area contributed by atoms with E-state index in [9.17, 15) is 9.70 Å². The molecule has 0 bridgehead atoms. The summed E-state index contributed by atoms with van der Waals surface area (Å²) >= 11 is 0. The van der Waals surface area contributed by atoms with Crippen LogP contribution in [0.3, 0.4) is 0 Å². The highest BCUT2D eigenvalue weighted by atomic mass is 16.3. The maximum Gasteiger partial charge on any atom is 0.272 e. The van der Waals surface area contributed by atoms with Gasteiger partial charge in [0.25, 0.3) is 5.56 Å². The SMILES string of the molecule is O=Nc1cc(N2CCCCCC2)ccc1-c1n[nH]c(=O)c2ccccc12. The number of fused-ring (bicyclic) bond motifs is 1. The van der Waals surface area contributed by atoms with Crippen LogP contribution in [0.25, 0.3) is 22.0 Å². The molecular formula is C20H20N4O2. The van der Waals surface area contributed by atoms with Gasteiger partial charge in [-0.1, -0.05) is 31.0 Å². The Balaban J connectivity index is 1.82. The van der Waals surface area contributed by atoms with Crippen molar-refractivity contribution >= 4 is 22.1 Å². The molecule has 0 saturated carbocycles. The second-order valence-corrected chi connectivity index (χ2v) is 6.64. The van der Waals surface area contributed by atoms with Crippen LogP contribution >= 0.6 is 0 Å². The lowest BCUT2D eigenvalue weighted by Gasteiger charge is -2.23. The molecule has 1 N–H and O–H groups in total. The molecule has 132 valence electrons. The van der Waals surface area contributed by atoms with E-state index in [-0.39, 0.29) is 5.56 Å². The molecule has 1 saturated heterocycles. The Morgan fingerprint density at radius 3 is 2.42 bits per heavy atom. The van der Waals surface area contributed by atoms with Crippen molar-refractivity contribution in [1.29, 1.82) is 0 Å². The van der Waals surface area contributed by atoms with Crippen LogP contribution in [0.5, 0.6) is 0 Å². The Labute approximate surface area is 150 Å². The first-order valence-corrected chi connectivity index (χ1v) is 8.98. The summed E-state index contributed by atoms with van der Waals surface area (Å²) in [5, 5.41) is 11.2. The van der Waals surface area contributed by atoms with Crippen molar-refractivity contribution in [3.05, 3.63) is 57.7 Å². The molecule has 0 radical (unpaired) electrons. The third kappa shape index (κ3) is 2.98. The fourth-order valence-corrected chi connectivity index (χ4v) is 3.64. The summed E-state index contributed by atoms with van der Waals surface area (Å²) in [6.45, 7) is 2.00. The molecular weight excluding hydrogens is 328 g/mol. The maximum atomic E-state index is 12.0. The fraction of sp³-hybridized carbons (Fsp3) is 0.300. The summed E-state index contributed by atoms with van der Waals surface area (Å²) < 4.78 is 0. The minimum Gasteiger partial charge on any atom is -0.371 e. The van der Waals surface area contributed by atoms with Gasteiger partial charge in [0.15, 0.2) is 0 Å². The van der Waals surface area contributed by atoms with Crippen molar-refractivity contribution in [2.24, 2.45) is 5.18 Å². The van der Waals surface area contributed by atoms with Gasteiger partial charge in [0.1, 0.15) is 11.4 Å². The zero-order valence-corrected chi connectivity index (χ0v) is 14.4.